The normalized spacial score (nSPS) is 13.7. The lowest BCUT2D eigenvalue weighted by molar-refractivity contribution is 0.0988. The highest BCUT2D eigenvalue weighted by Gasteiger charge is 2.15. The number of aliphatic hydroxyl groups excluding tert-OH is 2. The Kier molecular flexibility index (Phi) is 4.88. The van der Waals surface area contributed by atoms with Crippen molar-refractivity contribution in [2.75, 3.05) is 13.2 Å². The van der Waals surface area contributed by atoms with Gasteiger partial charge in [0.05, 0.1) is 17.6 Å². The largest absolute Gasteiger partial charge is 0.394 e. The van der Waals surface area contributed by atoms with Gasteiger partial charge in [-0.3, -0.25) is 0 Å². The fourth-order valence-electron chi connectivity index (χ4n) is 0.988. The molecule has 3 N–H and O–H groups in total. The number of aliphatic hydroxyl groups is 2. The zero-order chi connectivity index (χ0) is 12.2. The lowest BCUT2D eigenvalue weighted by atomic mass is 10.4. The first-order chi connectivity index (χ1) is 7.45. The van der Waals surface area contributed by atoms with Crippen molar-refractivity contribution in [1.29, 1.82) is 0 Å². The van der Waals surface area contributed by atoms with Crippen LogP contribution in [0.4, 0.5) is 0 Å². The molecule has 0 aliphatic heterocycles. The van der Waals surface area contributed by atoms with Crippen LogP contribution in [0.15, 0.2) is 33.6 Å². The van der Waals surface area contributed by atoms with Gasteiger partial charge < -0.3 is 10.2 Å². The Morgan fingerprint density at radius 2 is 2.12 bits per heavy atom. The van der Waals surface area contributed by atoms with E-state index >= 15 is 0 Å². The van der Waals surface area contributed by atoms with Gasteiger partial charge in [-0.25, -0.2) is 13.1 Å². The molecule has 0 heterocycles. The van der Waals surface area contributed by atoms with E-state index in [0.717, 1.165) is 0 Å². The third kappa shape index (κ3) is 3.84. The molecular formula is C9H12BrNO4S. The summed E-state index contributed by atoms with van der Waals surface area (Å²) in [5, 5.41) is 17.6. The van der Waals surface area contributed by atoms with Crippen molar-refractivity contribution in [3.63, 3.8) is 0 Å². The van der Waals surface area contributed by atoms with Gasteiger partial charge in [-0.05, 0) is 18.2 Å². The van der Waals surface area contributed by atoms with E-state index < -0.39 is 22.7 Å². The van der Waals surface area contributed by atoms with Gasteiger partial charge in [0.15, 0.2) is 0 Å². The van der Waals surface area contributed by atoms with Crippen LogP contribution in [0.1, 0.15) is 0 Å². The van der Waals surface area contributed by atoms with Gasteiger partial charge in [0.25, 0.3) is 0 Å². The van der Waals surface area contributed by atoms with E-state index in [2.05, 4.69) is 20.7 Å². The highest BCUT2D eigenvalue weighted by atomic mass is 79.9. The number of hydrogen-bond acceptors (Lipinski definition) is 4. The van der Waals surface area contributed by atoms with Crippen LogP contribution < -0.4 is 4.72 Å². The van der Waals surface area contributed by atoms with Crippen molar-refractivity contribution in [2.45, 2.75) is 11.0 Å². The first-order valence-corrected chi connectivity index (χ1v) is 6.77. The summed E-state index contributed by atoms with van der Waals surface area (Å²) in [6, 6.07) is 6.20. The summed E-state index contributed by atoms with van der Waals surface area (Å²) in [5.74, 6) is 0. The van der Waals surface area contributed by atoms with E-state index in [9.17, 15) is 8.42 Å². The second kappa shape index (κ2) is 5.74. The lowest BCUT2D eigenvalue weighted by Crippen LogP contribution is -2.33. The van der Waals surface area contributed by atoms with Gasteiger partial charge in [-0.1, -0.05) is 22.0 Å². The first kappa shape index (κ1) is 13.6. The zero-order valence-corrected chi connectivity index (χ0v) is 10.7. The number of nitrogens with one attached hydrogen (secondary N) is 1. The molecule has 0 fully saturated rings. The van der Waals surface area contributed by atoms with Crippen molar-refractivity contribution in [3.05, 3.63) is 28.7 Å². The molecule has 16 heavy (non-hydrogen) atoms. The van der Waals surface area contributed by atoms with Crippen molar-refractivity contribution >= 4 is 26.0 Å². The lowest BCUT2D eigenvalue weighted by Gasteiger charge is -2.09. The van der Waals surface area contributed by atoms with Crippen molar-refractivity contribution < 1.29 is 18.6 Å². The quantitative estimate of drug-likeness (QED) is 0.719. The number of rotatable bonds is 5. The van der Waals surface area contributed by atoms with Crippen molar-refractivity contribution in [2.24, 2.45) is 0 Å². The third-order valence-corrected chi connectivity index (χ3v) is 3.74. The molecule has 0 radical (unpaired) electrons. The molecule has 0 aliphatic carbocycles. The zero-order valence-electron chi connectivity index (χ0n) is 8.30. The standard InChI is InChI=1S/C9H12BrNO4S/c10-7-2-1-3-9(4-7)16(14,15)11-5-8(13)6-12/h1-4,8,11-13H,5-6H2/t8-/m1/s1. The van der Waals surface area contributed by atoms with Crippen LogP contribution in [0, 0.1) is 0 Å². The molecule has 7 heteroatoms. The van der Waals surface area contributed by atoms with Crippen LogP contribution in [0.3, 0.4) is 0 Å². The third-order valence-electron chi connectivity index (χ3n) is 1.83. The molecule has 0 aromatic heterocycles. The van der Waals surface area contributed by atoms with Crippen molar-refractivity contribution in [1.82, 2.24) is 4.72 Å². The summed E-state index contributed by atoms with van der Waals surface area (Å²) in [7, 11) is -3.64. The number of sulfonamides is 1. The summed E-state index contributed by atoms with van der Waals surface area (Å²) in [6.45, 7) is -0.702. The fourth-order valence-corrected chi connectivity index (χ4v) is 2.66. The predicted molar refractivity (Wildman–Crippen MR) is 62.4 cm³/mol. The summed E-state index contributed by atoms with van der Waals surface area (Å²) in [4.78, 5) is 0.104. The molecule has 0 aliphatic rings. The molecule has 90 valence electrons. The molecular weight excluding hydrogens is 298 g/mol. The highest BCUT2D eigenvalue weighted by Crippen LogP contribution is 2.15. The number of hydrogen-bond donors (Lipinski definition) is 3. The smallest absolute Gasteiger partial charge is 0.240 e. The molecule has 1 aromatic rings. The summed E-state index contributed by atoms with van der Waals surface area (Å²) in [6.07, 6.45) is -1.10. The van der Waals surface area contributed by atoms with Gasteiger partial charge in [0.1, 0.15) is 0 Å². The average Bonchev–Trinajstić information content (AvgIpc) is 2.26. The fraction of sp³-hybridized carbons (Fsp3) is 0.333. The predicted octanol–water partition coefficient (Wildman–Crippen LogP) is 0.0806. The van der Waals surface area contributed by atoms with Crippen LogP contribution in [0.2, 0.25) is 0 Å². The van der Waals surface area contributed by atoms with E-state index in [-0.39, 0.29) is 11.4 Å². The van der Waals surface area contributed by atoms with Crippen LogP contribution >= 0.6 is 15.9 Å². The van der Waals surface area contributed by atoms with E-state index in [0.29, 0.717) is 4.47 Å². The monoisotopic (exact) mass is 309 g/mol. The van der Waals surface area contributed by atoms with E-state index in [1.807, 2.05) is 0 Å². The summed E-state index contributed by atoms with van der Waals surface area (Å²) < 4.78 is 26.2. The highest BCUT2D eigenvalue weighted by molar-refractivity contribution is 9.10. The van der Waals surface area contributed by atoms with E-state index in [1.54, 1.807) is 12.1 Å². The molecule has 0 saturated heterocycles. The minimum Gasteiger partial charge on any atom is -0.394 e. The Bertz CT molecular complexity index is 449. The topological polar surface area (TPSA) is 86.6 Å². The van der Waals surface area contributed by atoms with Gasteiger partial charge in [0.2, 0.25) is 10.0 Å². The van der Waals surface area contributed by atoms with Crippen LogP contribution in [-0.4, -0.2) is 37.9 Å². The molecule has 0 amide bonds. The molecule has 0 saturated carbocycles. The van der Waals surface area contributed by atoms with E-state index in [1.165, 1.54) is 12.1 Å². The van der Waals surface area contributed by atoms with E-state index in [4.69, 9.17) is 10.2 Å². The van der Waals surface area contributed by atoms with Gasteiger partial charge >= 0.3 is 0 Å². The molecule has 0 bridgehead atoms. The Morgan fingerprint density at radius 3 is 2.69 bits per heavy atom. The van der Waals surface area contributed by atoms with Crippen LogP contribution in [-0.2, 0) is 10.0 Å². The molecule has 0 spiro atoms. The molecule has 1 atom stereocenters. The molecule has 1 rings (SSSR count). The SMILES string of the molecule is O=S(=O)(NC[C@@H](O)CO)c1cccc(Br)c1. The molecule has 5 nitrogen and oxygen atoms in total. The summed E-state index contributed by atoms with van der Waals surface area (Å²) >= 11 is 3.17. The number of benzene rings is 1. The van der Waals surface area contributed by atoms with Gasteiger partial charge in [-0.2, -0.15) is 0 Å². The minimum absolute atomic E-state index is 0.104. The maximum Gasteiger partial charge on any atom is 0.240 e. The maximum atomic E-state index is 11.7. The van der Waals surface area contributed by atoms with Gasteiger partial charge in [-0.15, -0.1) is 0 Å². The Hall–Kier alpha value is -0.470. The van der Waals surface area contributed by atoms with Crippen LogP contribution in [0.5, 0.6) is 0 Å². The minimum atomic E-state index is -3.64. The Morgan fingerprint density at radius 1 is 1.44 bits per heavy atom. The average molecular weight is 310 g/mol. The summed E-state index contributed by atoms with van der Waals surface area (Å²) in [5.41, 5.74) is 0. The second-order valence-electron chi connectivity index (χ2n) is 3.15. The number of halogens is 1. The van der Waals surface area contributed by atoms with Gasteiger partial charge in [0, 0.05) is 11.0 Å². The van der Waals surface area contributed by atoms with Crippen molar-refractivity contribution in [3.8, 4) is 0 Å². The molecule has 1 aromatic carbocycles. The second-order valence-corrected chi connectivity index (χ2v) is 5.83. The maximum absolute atomic E-state index is 11.7. The first-order valence-electron chi connectivity index (χ1n) is 4.50. The Labute approximate surface area is 102 Å². The Balaban J connectivity index is 2.78. The molecule has 0 unspecified atom stereocenters. The van der Waals surface area contributed by atoms with Crippen LogP contribution in [0.25, 0.3) is 0 Å².